The van der Waals surface area contributed by atoms with Gasteiger partial charge in [-0.1, -0.05) is 6.07 Å². The van der Waals surface area contributed by atoms with E-state index in [9.17, 15) is 14.7 Å². The van der Waals surface area contributed by atoms with E-state index in [0.29, 0.717) is 41.7 Å². The van der Waals surface area contributed by atoms with Crippen LogP contribution in [-0.2, 0) is 4.79 Å². The second kappa shape index (κ2) is 8.33. The van der Waals surface area contributed by atoms with Crippen molar-refractivity contribution in [2.24, 2.45) is 0 Å². The van der Waals surface area contributed by atoms with E-state index in [1.165, 1.54) is 6.42 Å². The first-order chi connectivity index (χ1) is 15.6. The highest BCUT2D eigenvalue weighted by Gasteiger charge is 2.38. The molecule has 0 unspecified atom stereocenters. The molecule has 1 saturated heterocycles. The topological polar surface area (TPSA) is 108 Å². The number of rotatable bonds is 4. The molecule has 8 heteroatoms. The van der Waals surface area contributed by atoms with Crippen molar-refractivity contribution >= 4 is 17.5 Å². The van der Waals surface area contributed by atoms with Crippen molar-refractivity contribution in [2.45, 2.75) is 51.4 Å². The molecule has 32 heavy (non-hydrogen) atoms. The highest BCUT2D eigenvalue weighted by molar-refractivity contribution is 6.01. The molecule has 1 aromatic carbocycles. The minimum atomic E-state index is -0.555. The number of aromatic nitrogens is 2. The lowest BCUT2D eigenvalue weighted by molar-refractivity contribution is -0.116. The molecule has 0 bridgehead atoms. The van der Waals surface area contributed by atoms with Gasteiger partial charge in [0.1, 0.15) is 5.82 Å². The van der Waals surface area contributed by atoms with Crippen molar-refractivity contribution in [3.8, 4) is 11.5 Å². The van der Waals surface area contributed by atoms with Gasteiger partial charge in [-0.3, -0.25) is 14.6 Å². The van der Waals surface area contributed by atoms with E-state index in [2.05, 4.69) is 15.2 Å². The molecule has 3 N–H and O–H groups in total. The van der Waals surface area contributed by atoms with Gasteiger partial charge in [0.15, 0.2) is 17.3 Å². The maximum atomic E-state index is 13.4. The van der Waals surface area contributed by atoms with Crippen LogP contribution in [-0.4, -0.2) is 40.6 Å². The summed E-state index contributed by atoms with van der Waals surface area (Å²) in [6, 6.07) is 5.03. The number of hydrogen-bond acceptors (Lipinski definition) is 7. The van der Waals surface area contributed by atoms with E-state index < -0.39 is 5.92 Å². The summed E-state index contributed by atoms with van der Waals surface area (Å²) in [5.74, 6) is 0.942. The molecule has 0 radical (unpaired) electrons. The molecule has 3 aliphatic rings. The van der Waals surface area contributed by atoms with E-state index in [-0.39, 0.29) is 17.1 Å². The van der Waals surface area contributed by atoms with Gasteiger partial charge in [-0.15, -0.1) is 0 Å². The maximum absolute atomic E-state index is 13.4. The third-order valence-corrected chi connectivity index (χ3v) is 6.52. The Kier molecular flexibility index (Phi) is 5.36. The predicted octanol–water partition coefficient (Wildman–Crippen LogP) is 3.43. The van der Waals surface area contributed by atoms with Gasteiger partial charge in [0, 0.05) is 36.7 Å². The number of fused-ring (bicyclic) bond motifs is 1. The lowest BCUT2D eigenvalue weighted by Gasteiger charge is -2.34. The van der Waals surface area contributed by atoms with Crippen LogP contribution in [0.15, 0.2) is 34.3 Å². The largest absolute Gasteiger partial charge is 0.504 e. The molecule has 0 spiro atoms. The Labute approximate surface area is 186 Å². The Morgan fingerprint density at radius 2 is 1.97 bits per heavy atom. The van der Waals surface area contributed by atoms with Gasteiger partial charge in [0.2, 0.25) is 5.95 Å². The number of carbonyl (C=O) groups is 1. The number of ether oxygens (including phenoxy) is 1. The zero-order valence-electron chi connectivity index (χ0n) is 18.2. The zero-order chi connectivity index (χ0) is 22.2. The highest BCUT2D eigenvalue weighted by atomic mass is 16.5. The minimum Gasteiger partial charge on any atom is -0.504 e. The first kappa shape index (κ1) is 20.6. The van der Waals surface area contributed by atoms with Crippen molar-refractivity contribution in [2.75, 3.05) is 29.9 Å². The van der Waals surface area contributed by atoms with Crippen molar-refractivity contribution < 1.29 is 14.6 Å². The number of allylic oxidation sites excluding steroid dienone is 2. The molecule has 1 atom stereocenters. The molecule has 1 aliphatic carbocycles. The van der Waals surface area contributed by atoms with Crippen LogP contribution in [0, 0.1) is 0 Å². The second-order valence-corrected chi connectivity index (χ2v) is 8.59. The standard InChI is InChI=1S/C24H28N4O4/c1-2-32-18-13-14(9-10-16(18)29)19-20-15(7-6-8-17(20)30)25-22-21(19)23(31)27-24(26-22)28-11-4-3-5-12-28/h9-10,13,19,29H,2-8,11-12H2,1H3,(H2,25,26,27,31)/t19-/m1/s1. The fourth-order valence-electron chi connectivity index (χ4n) is 5.02. The summed E-state index contributed by atoms with van der Waals surface area (Å²) in [5, 5.41) is 13.5. The quantitative estimate of drug-likeness (QED) is 0.674. The van der Waals surface area contributed by atoms with Crippen molar-refractivity contribution in [3.05, 3.63) is 50.9 Å². The Balaban J connectivity index is 1.67. The number of H-pyrrole nitrogens is 1. The fourth-order valence-corrected chi connectivity index (χ4v) is 5.02. The van der Waals surface area contributed by atoms with Crippen LogP contribution in [0.2, 0.25) is 0 Å². The lowest BCUT2D eigenvalue weighted by atomic mass is 9.76. The van der Waals surface area contributed by atoms with Gasteiger partial charge in [-0.05, 0) is 56.7 Å². The van der Waals surface area contributed by atoms with Crippen LogP contribution in [0.1, 0.15) is 62.5 Å². The normalized spacial score (nSPS) is 20.5. The zero-order valence-corrected chi connectivity index (χ0v) is 18.2. The molecule has 1 fully saturated rings. The Morgan fingerprint density at radius 3 is 2.75 bits per heavy atom. The number of nitrogens with one attached hydrogen (secondary N) is 2. The van der Waals surface area contributed by atoms with Gasteiger partial charge < -0.3 is 20.1 Å². The average Bonchev–Trinajstić information content (AvgIpc) is 2.80. The second-order valence-electron chi connectivity index (χ2n) is 8.59. The van der Waals surface area contributed by atoms with Crippen molar-refractivity contribution in [1.29, 1.82) is 0 Å². The van der Waals surface area contributed by atoms with Gasteiger partial charge >= 0.3 is 0 Å². The van der Waals surface area contributed by atoms with E-state index in [1.54, 1.807) is 18.2 Å². The number of ketones is 1. The predicted molar refractivity (Wildman–Crippen MR) is 122 cm³/mol. The van der Waals surface area contributed by atoms with Gasteiger partial charge in [0.25, 0.3) is 5.56 Å². The molecule has 3 heterocycles. The molecular formula is C24H28N4O4. The average molecular weight is 437 g/mol. The third-order valence-electron chi connectivity index (χ3n) is 6.52. The molecule has 0 saturated carbocycles. The number of nitrogens with zero attached hydrogens (tertiary/aromatic N) is 2. The van der Waals surface area contributed by atoms with Gasteiger partial charge in [0.05, 0.1) is 12.2 Å². The molecule has 5 rings (SSSR count). The first-order valence-corrected chi connectivity index (χ1v) is 11.4. The van der Waals surface area contributed by atoms with Crippen molar-refractivity contribution in [3.63, 3.8) is 0 Å². The number of phenolic OH excluding ortho intramolecular Hbond substituents is 1. The summed E-state index contributed by atoms with van der Waals surface area (Å²) in [5.41, 5.74) is 2.38. The van der Waals surface area contributed by atoms with E-state index in [0.717, 1.165) is 50.0 Å². The molecular weight excluding hydrogens is 408 g/mol. The number of aromatic amines is 1. The van der Waals surface area contributed by atoms with Crippen LogP contribution in [0.4, 0.5) is 11.8 Å². The summed E-state index contributed by atoms with van der Waals surface area (Å²) in [6.07, 6.45) is 5.31. The summed E-state index contributed by atoms with van der Waals surface area (Å²) < 4.78 is 5.57. The fraction of sp³-hybridized carbons (Fsp3) is 0.458. The molecule has 8 nitrogen and oxygen atoms in total. The van der Waals surface area contributed by atoms with Crippen molar-refractivity contribution in [1.82, 2.24) is 9.97 Å². The third kappa shape index (κ3) is 3.53. The van der Waals surface area contributed by atoms with Crippen LogP contribution >= 0.6 is 0 Å². The van der Waals surface area contributed by atoms with Crippen LogP contribution in [0.5, 0.6) is 11.5 Å². The number of piperidine rings is 1. The Hall–Kier alpha value is -3.29. The summed E-state index contributed by atoms with van der Waals surface area (Å²) >= 11 is 0. The molecule has 2 aromatic rings. The smallest absolute Gasteiger partial charge is 0.258 e. The van der Waals surface area contributed by atoms with Gasteiger partial charge in [-0.25, -0.2) is 0 Å². The highest BCUT2D eigenvalue weighted by Crippen LogP contribution is 2.45. The Morgan fingerprint density at radius 1 is 1.16 bits per heavy atom. The lowest BCUT2D eigenvalue weighted by Crippen LogP contribution is -2.36. The summed E-state index contributed by atoms with van der Waals surface area (Å²) in [7, 11) is 0. The number of anilines is 2. The van der Waals surface area contributed by atoms with Crippen LogP contribution in [0.25, 0.3) is 0 Å². The first-order valence-electron chi connectivity index (χ1n) is 11.4. The molecule has 0 amide bonds. The molecule has 168 valence electrons. The van der Waals surface area contributed by atoms with Gasteiger partial charge in [-0.2, -0.15) is 4.98 Å². The van der Waals surface area contributed by atoms with E-state index in [1.807, 2.05) is 6.92 Å². The number of carbonyl (C=O) groups excluding carboxylic acids is 1. The SMILES string of the molecule is CCOc1cc([C@@H]2C3=C(CCCC3=O)Nc3nc(N4CCCCC4)[nH]c(=O)c32)ccc1O. The maximum Gasteiger partial charge on any atom is 0.258 e. The summed E-state index contributed by atoms with van der Waals surface area (Å²) in [4.78, 5) is 36.3. The number of phenols is 1. The molecule has 1 aromatic heterocycles. The summed E-state index contributed by atoms with van der Waals surface area (Å²) in [6.45, 7) is 3.97. The minimum absolute atomic E-state index is 0.0291. The number of Topliss-reactive ketones (excluding diaryl/α,β-unsaturated/α-hetero) is 1. The Bertz CT molecular complexity index is 1150. The monoisotopic (exact) mass is 436 g/mol. The van der Waals surface area contributed by atoms with E-state index >= 15 is 0 Å². The number of hydrogen-bond donors (Lipinski definition) is 3. The van der Waals surface area contributed by atoms with Crippen LogP contribution < -0.4 is 20.5 Å². The molecule has 2 aliphatic heterocycles. The van der Waals surface area contributed by atoms with E-state index in [4.69, 9.17) is 9.72 Å². The number of benzene rings is 1. The van der Waals surface area contributed by atoms with Crippen LogP contribution in [0.3, 0.4) is 0 Å². The number of aromatic hydroxyl groups is 1.